The van der Waals surface area contributed by atoms with Crippen molar-refractivity contribution in [2.45, 2.75) is 27.2 Å². The van der Waals surface area contributed by atoms with E-state index in [0.717, 1.165) is 12.0 Å². The van der Waals surface area contributed by atoms with Crippen LogP contribution in [0.3, 0.4) is 0 Å². The fourth-order valence-electron chi connectivity index (χ4n) is 1.51. The van der Waals surface area contributed by atoms with Crippen LogP contribution in [0, 0.1) is 17.3 Å². The summed E-state index contributed by atoms with van der Waals surface area (Å²) in [7, 11) is 0. The first-order valence-electron chi connectivity index (χ1n) is 6.49. The van der Waals surface area contributed by atoms with Gasteiger partial charge in [0.1, 0.15) is 0 Å². The van der Waals surface area contributed by atoms with Crippen LogP contribution in [0.25, 0.3) is 0 Å². The van der Waals surface area contributed by atoms with E-state index in [1.54, 1.807) is 12.1 Å². The second-order valence-corrected chi connectivity index (χ2v) is 5.65. The number of hydrogen-bond donors (Lipinski definition) is 2. The van der Waals surface area contributed by atoms with Crippen LogP contribution in [0.5, 0.6) is 0 Å². The van der Waals surface area contributed by atoms with Crippen LogP contribution < -0.4 is 11.1 Å². The van der Waals surface area contributed by atoms with Crippen LogP contribution >= 0.6 is 0 Å². The molecule has 0 bridgehead atoms. The van der Waals surface area contributed by atoms with Gasteiger partial charge in [-0.3, -0.25) is 4.79 Å². The first kappa shape index (κ1) is 15.3. The van der Waals surface area contributed by atoms with Crippen LogP contribution in [0.1, 0.15) is 43.1 Å². The van der Waals surface area contributed by atoms with Crippen molar-refractivity contribution in [3.63, 3.8) is 0 Å². The molecular weight excluding hydrogens is 236 g/mol. The van der Waals surface area contributed by atoms with Gasteiger partial charge >= 0.3 is 0 Å². The molecule has 19 heavy (non-hydrogen) atoms. The van der Waals surface area contributed by atoms with E-state index in [1.165, 1.54) is 0 Å². The third-order valence-electron chi connectivity index (χ3n) is 2.64. The molecule has 3 nitrogen and oxygen atoms in total. The Bertz CT molecular complexity index is 472. The molecule has 3 N–H and O–H groups in total. The minimum Gasteiger partial charge on any atom is -0.352 e. The summed E-state index contributed by atoms with van der Waals surface area (Å²) < 4.78 is 0. The lowest BCUT2D eigenvalue weighted by Crippen LogP contribution is -2.27. The molecule has 0 radical (unpaired) electrons. The summed E-state index contributed by atoms with van der Waals surface area (Å²) in [5.74, 6) is 5.67. The molecule has 0 aliphatic carbocycles. The predicted octanol–water partition coefficient (Wildman–Crippen LogP) is 2.16. The first-order valence-corrected chi connectivity index (χ1v) is 6.49. The highest BCUT2D eigenvalue weighted by atomic mass is 16.1. The lowest BCUT2D eigenvalue weighted by molar-refractivity contribution is 0.0949. The Hall–Kier alpha value is -1.79. The van der Waals surface area contributed by atoms with Gasteiger partial charge in [0.25, 0.3) is 5.91 Å². The number of benzene rings is 1. The molecule has 1 amide bonds. The maximum absolute atomic E-state index is 11.9. The maximum Gasteiger partial charge on any atom is 0.251 e. The SMILES string of the molecule is CC(C)(C)CCNC(=O)c1ccc(C#CCN)cc1. The molecule has 102 valence electrons. The van der Waals surface area contributed by atoms with Gasteiger partial charge in [0.05, 0.1) is 6.54 Å². The van der Waals surface area contributed by atoms with Crippen molar-refractivity contribution < 1.29 is 4.79 Å². The Labute approximate surface area is 115 Å². The van der Waals surface area contributed by atoms with Crippen LogP contribution in [0.15, 0.2) is 24.3 Å². The van der Waals surface area contributed by atoms with Gasteiger partial charge in [0, 0.05) is 17.7 Å². The number of amides is 1. The molecule has 3 heteroatoms. The van der Waals surface area contributed by atoms with Gasteiger partial charge in [0.15, 0.2) is 0 Å². The van der Waals surface area contributed by atoms with Crippen LogP contribution in [-0.4, -0.2) is 19.0 Å². The van der Waals surface area contributed by atoms with Crippen LogP contribution in [0.4, 0.5) is 0 Å². The molecular formula is C16H22N2O. The largest absolute Gasteiger partial charge is 0.352 e. The average Bonchev–Trinajstić information content (AvgIpc) is 2.35. The van der Waals surface area contributed by atoms with Crippen molar-refractivity contribution in [1.29, 1.82) is 0 Å². The molecule has 0 atom stereocenters. The molecule has 0 saturated carbocycles. The summed E-state index contributed by atoms with van der Waals surface area (Å²) in [6.07, 6.45) is 0.957. The minimum atomic E-state index is -0.0393. The van der Waals surface area contributed by atoms with Crippen molar-refractivity contribution in [3.05, 3.63) is 35.4 Å². The molecule has 0 aromatic heterocycles. The summed E-state index contributed by atoms with van der Waals surface area (Å²) in [6.45, 7) is 7.50. The topological polar surface area (TPSA) is 55.1 Å². The van der Waals surface area contributed by atoms with Gasteiger partial charge in [-0.2, -0.15) is 0 Å². The molecule has 1 aromatic carbocycles. The van der Waals surface area contributed by atoms with E-state index < -0.39 is 0 Å². The zero-order chi connectivity index (χ0) is 14.3. The highest BCUT2D eigenvalue weighted by molar-refractivity contribution is 5.94. The summed E-state index contributed by atoms with van der Waals surface area (Å²) in [5, 5.41) is 2.92. The number of nitrogens with one attached hydrogen (secondary N) is 1. The second-order valence-electron chi connectivity index (χ2n) is 5.65. The van der Waals surface area contributed by atoms with Gasteiger partial charge in [-0.25, -0.2) is 0 Å². The van der Waals surface area contributed by atoms with E-state index in [0.29, 0.717) is 18.7 Å². The average molecular weight is 258 g/mol. The minimum absolute atomic E-state index is 0.0393. The van der Waals surface area contributed by atoms with Crippen molar-refractivity contribution >= 4 is 5.91 Å². The van der Waals surface area contributed by atoms with Gasteiger partial charge in [0.2, 0.25) is 0 Å². The highest BCUT2D eigenvalue weighted by Gasteiger charge is 2.11. The standard InChI is InChI=1S/C16H22N2O/c1-16(2,3)10-12-18-15(19)14-8-6-13(7-9-14)5-4-11-17/h6-9H,10-12,17H2,1-3H3,(H,18,19). The molecule has 0 heterocycles. The van der Waals surface area contributed by atoms with E-state index in [-0.39, 0.29) is 11.3 Å². The Kier molecular flexibility index (Phi) is 5.59. The molecule has 0 aliphatic rings. The monoisotopic (exact) mass is 258 g/mol. The smallest absolute Gasteiger partial charge is 0.251 e. The van der Waals surface area contributed by atoms with Gasteiger partial charge in [-0.05, 0) is 36.1 Å². The van der Waals surface area contributed by atoms with Crippen molar-refractivity contribution in [2.24, 2.45) is 11.1 Å². The molecule has 0 saturated heterocycles. The number of nitrogens with two attached hydrogens (primary N) is 1. The molecule has 1 aromatic rings. The quantitative estimate of drug-likeness (QED) is 0.816. The second kappa shape index (κ2) is 6.96. The summed E-state index contributed by atoms with van der Waals surface area (Å²) in [5.41, 5.74) is 7.07. The van der Waals surface area contributed by atoms with Crippen molar-refractivity contribution in [1.82, 2.24) is 5.32 Å². The molecule has 0 unspecified atom stereocenters. The van der Waals surface area contributed by atoms with E-state index in [4.69, 9.17) is 5.73 Å². The van der Waals surface area contributed by atoms with E-state index in [2.05, 4.69) is 37.9 Å². The summed E-state index contributed by atoms with van der Waals surface area (Å²) >= 11 is 0. The predicted molar refractivity (Wildman–Crippen MR) is 78.8 cm³/mol. The fourth-order valence-corrected chi connectivity index (χ4v) is 1.51. The van der Waals surface area contributed by atoms with Crippen LogP contribution in [-0.2, 0) is 0 Å². The zero-order valence-corrected chi connectivity index (χ0v) is 11.9. The lowest BCUT2D eigenvalue weighted by atomic mass is 9.92. The summed E-state index contributed by atoms with van der Waals surface area (Å²) in [4.78, 5) is 11.9. The number of rotatable bonds is 3. The molecule has 0 fully saturated rings. The molecule has 0 aliphatic heterocycles. The van der Waals surface area contributed by atoms with Gasteiger partial charge in [-0.1, -0.05) is 32.6 Å². The zero-order valence-electron chi connectivity index (χ0n) is 11.9. The molecule has 0 spiro atoms. The maximum atomic E-state index is 11.9. The summed E-state index contributed by atoms with van der Waals surface area (Å²) in [6, 6.07) is 7.24. The normalized spacial score (nSPS) is 10.5. The number of carbonyl (C=O) groups excluding carboxylic acids is 1. The van der Waals surface area contributed by atoms with Gasteiger partial charge in [-0.15, -0.1) is 0 Å². The van der Waals surface area contributed by atoms with E-state index in [1.807, 2.05) is 12.1 Å². The third kappa shape index (κ3) is 6.08. The Morgan fingerprint density at radius 1 is 1.26 bits per heavy atom. The van der Waals surface area contributed by atoms with Gasteiger partial charge < -0.3 is 11.1 Å². The fraction of sp³-hybridized carbons (Fsp3) is 0.438. The first-order chi connectivity index (χ1) is 8.92. The Morgan fingerprint density at radius 3 is 2.42 bits per heavy atom. The highest BCUT2D eigenvalue weighted by Crippen LogP contribution is 2.17. The van der Waals surface area contributed by atoms with E-state index in [9.17, 15) is 4.79 Å². The third-order valence-corrected chi connectivity index (χ3v) is 2.64. The van der Waals surface area contributed by atoms with Crippen LogP contribution in [0.2, 0.25) is 0 Å². The van der Waals surface area contributed by atoms with Crippen molar-refractivity contribution in [3.8, 4) is 11.8 Å². The number of hydrogen-bond acceptors (Lipinski definition) is 2. The lowest BCUT2D eigenvalue weighted by Gasteiger charge is -2.18. The van der Waals surface area contributed by atoms with Crippen molar-refractivity contribution in [2.75, 3.05) is 13.1 Å². The number of carbonyl (C=O) groups is 1. The Morgan fingerprint density at radius 2 is 1.89 bits per heavy atom. The van der Waals surface area contributed by atoms with E-state index >= 15 is 0 Å². The molecule has 1 rings (SSSR count). The Balaban J connectivity index is 2.54.